The molecule has 0 bridgehead atoms. The van der Waals surface area contributed by atoms with Gasteiger partial charge in [-0.1, -0.05) is 32.0 Å². The molecule has 1 aromatic carbocycles. The lowest BCUT2D eigenvalue weighted by Crippen LogP contribution is -2.32. The molecule has 1 heterocycles. The molecule has 0 amide bonds. The zero-order chi connectivity index (χ0) is 10.7. The van der Waals surface area contributed by atoms with Crippen LogP contribution in [0.1, 0.15) is 19.4 Å². The topological polar surface area (TPSA) is 21.3 Å². The predicted molar refractivity (Wildman–Crippen MR) is 62.3 cm³/mol. The second-order valence-corrected chi connectivity index (χ2v) is 4.25. The molecule has 1 aliphatic rings. The van der Waals surface area contributed by atoms with Crippen LogP contribution in [0.2, 0.25) is 0 Å². The molecule has 0 saturated carbocycles. The molecule has 2 rings (SSSR count). The lowest BCUT2D eigenvalue weighted by molar-refractivity contribution is 0.167. The lowest BCUT2D eigenvalue weighted by Gasteiger charge is -2.19. The number of hydrogen-bond donors (Lipinski definition) is 1. The second-order valence-electron chi connectivity index (χ2n) is 4.25. The fourth-order valence-corrected chi connectivity index (χ4v) is 2.03. The summed E-state index contributed by atoms with van der Waals surface area (Å²) in [6, 6.07) is 8.35. The van der Waals surface area contributed by atoms with Crippen LogP contribution < -0.4 is 10.1 Å². The van der Waals surface area contributed by atoms with Crippen molar-refractivity contribution in [3.8, 4) is 5.75 Å². The summed E-state index contributed by atoms with van der Waals surface area (Å²) in [5.41, 5.74) is 1.35. The number of benzene rings is 1. The van der Waals surface area contributed by atoms with E-state index in [1.807, 2.05) is 6.07 Å². The monoisotopic (exact) mass is 205 g/mol. The highest BCUT2D eigenvalue weighted by molar-refractivity contribution is 5.37. The Labute approximate surface area is 91.6 Å². The fraction of sp³-hybridized carbons (Fsp3) is 0.538. The number of ether oxygens (including phenoxy) is 1. The van der Waals surface area contributed by atoms with Crippen LogP contribution in [0.25, 0.3) is 0 Å². The summed E-state index contributed by atoms with van der Waals surface area (Å²) in [7, 11) is 0. The van der Waals surface area contributed by atoms with Crippen LogP contribution in [-0.2, 0) is 6.42 Å². The second kappa shape index (κ2) is 4.67. The van der Waals surface area contributed by atoms with Gasteiger partial charge in [0.25, 0.3) is 0 Å². The highest BCUT2D eigenvalue weighted by Crippen LogP contribution is 2.30. The third-order valence-electron chi connectivity index (χ3n) is 3.02. The molecular weight excluding hydrogens is 186 g/mol. The van der Waals surface area contributed by atoms with E-state index >= 15 is 0 Å². The zero-order valence-electron chi connectivity index (χ0n) is 9.49. The summed E-state index contributed by atoms with van der Waals surface area (Å²) in [5, 5.41) is 3.37. The number of rotatable bonds is 4. The molecule has 2 unspecified atom stereocenters. The Bertz CT molecular complexity index is 299. The Morgan fingerprint density at radius 1 is 1.47 bits per heavy atom. The highest BCUT2D eigenvalue weighted by Gasteiger charge is 2.26. The molecule has 1 aliphatic heterocycles. The summed E-state index contributed by atoms with van der Waals surface area (Å²) in [6.45, 7) is 6.45. The van der Waals surface area contributed by atoms with E-state index in [1.165, 1.54) is 5.56 Å². The van der Waals surface area contributed by atoms with Gasteiger partial charge in [-0.15, -0.1) is 0 Å². The van der Waals surface area contributed by atoms with E-state index in [4.69, 9.17) is 4.74 Å². The summed E-state index contributed by atoms with van der Waals surface area (Å²) >= 11 is 0. The van der Waals surface area contributed by atoms with Crippen LogP contribution in [0.3, 0.4) is 0 Å². The minimum absolute atomic E-state index is 0.349. The first kappa shape index (κ1) is 10.5. The molecule has 82 valence electrons. The van der Waals surface area contributed by atoms with Gasteiger partial charge in [-0.05, 0) is 18.2 Å². The van der Waals surface area contributed by atoms with Crippen molar-refractivity contribution in [1.82, 2.24) is 5.32 Å². The lowest BCUT2D eigenvalue weighted by atomic mass is 10.00. The molecule has 1 aromatic rings. The standard InChI is InChI=1S/C13H19NO/c1-3-14-9-10(2)13-8-11-6-4-5-7-12(11)15-13/h4-7,10,13-14H,3,8-9H2,1-2H3. The van der Waals surface area contributed by atoms with Crippen molar-refractivity contribution in [2.24, 2.45) is 5.92 Å². The fourth-order valence-electron chi connectivity index (χ4n) is 2.03. The zero-order valence-corrected chi connectivity index (χ0v) is 9.49. The number of nitrogens with one attached hydrogen (secondary N) is 1. The predicted octanol–water partition coefficient (Wildman–Crippen LogP) is 2.24. The molecule has 2 heteroatoms. The van der Waals surface area contributed by atoms with Crippen molar-refractivity contribution >= 4 is 0 Å². The molecule has 2 atom stereocenters. The van der Waals surface area contributed by atoms with Crippen molar-refractivity contribution in [3.63, 3.8) is 0 Å². The molecule has 2 nitrogen and oxygen atoms in total. The van der Waals surface area contributed by atoms with Crippen LogP contribution in [-0.4, -0.2) is 19.2 Å². The maximum Gasteiger partial charge on any atom is 0.123 e. The third kappa shape index (κ3) is 2.32. The Kier molecular flexibility index (Phi) is 3.27. The van der Waals surface area contributed by atoms with E-state index in [9.17, 15) is 0 Å². The maximum atomic E-state index is 5.93. The largest absolute Gasteiger partial charge is 0.489 e. The first-order valence-electron chi connectivity index (χ1n) is 5.76. The van der Waals surface area contributed by atoms with Gasteiger partial charge in [-0.2, -0.15) is 0 Å². The summed E-state index contributed by atoms with van der Waals surface area (Å²) < 4.78 is 5.93. The molecule has 0 aliphatic carbocycles. The van der Waals surface area contributed by atoms with Gasteiger partial charge in [0, 0.05) is 18.9 Å². The first-order valence-corrected chi connectivity index (χ1v) is 5.76. The Hall–Kier alpha value is -1.02. The van der Waals surface area contributed by atoms with Gasteiger partial charge in [0.2, 0.25) is 0 Å². The molecule has 0 aromatic heterocycles. The van der Waals surface area contributed by atoms with Crippen LogP contribution in [0.15, 0.2) is 24.3 Å². The normalized spacial score (nSPS) is 20.8. The van der Waals surface area contributed by atoms with Crippen LogP contribution in [0.5, 0.6) is 5.75 Å². The van der Waals surface area contributed by atoms with Gasteiger partial charge < -0.3 is 10.1 Å². The highest BCUT2D eigenvalue weighted by atomic mass is 16.5. The Morgan fingerprint density at radius 2 is 2.27 bits per heavy atom. The van der Waals surface area contributed by atoms with Crippen LogP contribution >= 0.6 is 0 Å². The van der Waals surface area contributed by atoms with Crippen molar-refractivity contribution in [2.45, 2.75) is 26.4 Å². The molecule has 0 spiro atoms. The Balaban J connectivity index is 1.94. The molecular formula is C13H19NO. The van der Waals surface area contributed by atoms with Gasteiger partial charge in [-0.25, -0.2) is 0 Å². The Morgan fingerprint density at radius 3 is 3.00 bits per heavy atom. The van der Waals surface area contributed by atoms with Gasteiger partial charge >= 0.3 is 0 Å². The van der Waals surface area contributed by atoms with Gasteiger partial charge in [0.15, 0.2) is 0 Å². The molecule has 0 radical (unpaired) electrons. The average molecular weight is 205 g/mol. The molecule has 0 saturated heterocycles. The summed E-state index contributed by atoms with van der Waals surface area (Å²) in [6.07, 6.45) is 1.41. The quantitative estimate of drug-likeness (QED) is 0.814. The van der Waals surface area contributed by atoms with E-state index in [0.29, 0.717) is 12.0 Å². The van der Waals surface area contributed by atoms with Crippen molar-refractivity contribution in [2.75, 3.05) is 13.1 Å². The smallest absolute Gasteiger partial charge is 0.123 e. The van der Waals surface area contributed by atoms with Crippen LogP contribution in [0.4, 0.5) is 0 Å². The van der Waals surface area contributed by atoms with Crippen molar-refractivity contribution in [3.05, 3.63) is 29.8 Å². The van der Waals surface area contributed by atoms with Crippen LogP contribution in [0, 0.1) is 5.92 Å². The number of fused-ring (bicyclic) bond motifs is 1. The first-order chi connectivity index (χ1) is 7.31. The summed E-state index contributed by atoms with van der Waals surface area (Å²) in [4.78, 5) is 0. The van der Waals surface area contributed by atoms with Gasteiger partial charge in [-0.3, -0.25) is 0 Å². The third-order valence-corrected chi connectivity index (χ3v) is 3.02. The van der Waals surface area contributed by atoms with E-state index in [2.05, 4.69) is 37.4 Å². The molecule has 1 N–H and O–H groups in total. The number of para-hydroxylation sites is 1. The minimum atomic E-state index is 0.349. The van der Waals surface area contributed by atoms with E-state index < -0.39 is 0 Å². The maximum absolute atomic E-state index is 5.93. The summed E-state index contributed by atoms with van der Waals surface area (Å²) in [5.74, 6) is 1.64. The minimum Gasteiger partial charge on any atom is -0.489 e. The van der Waals surface area contributed by atoms with Crippen molar-refractivity contribution < 1.29 is 4.74 Å². The van der Waals surface area contributed by atoms with Gasteiger partial charge in [0.1, 0.15) is 11.9 Å². The number of hydrogen-bond acceptors (Lipinski definition) is 2. The van der Waals surface area contributed by atoms with Crippen molar-refractivity contribution in [1.29, 1.82) is 0 Å². The SMILES string of the molecule is CCNCC(C)C1Cc2ccccc2O1. The molecule has 0 fully saturated rings. The molecule has 15 heavy (non-hydrogen) atoms. The average Bonchev–Trinajstić information content (AvgIpc) is 2.69. The van der Waals surface area contributed by atoms with E-state index in [0.717, 1.165) is 25.3 Å². The van der Waals surface area contributed by atoms with Gasteiger partial charge in [0.05, 0.1) is 0 Å². The van der Waals surface area contributed by atoms with E-state index in [1.54, 1.807) is 0 Å². The van der Waals surface area contributed by atoms with E-state index in [-0.39, 0.29) is 0 Å².